The Morgan fingerprint density at radius 1 is 1.37 bits per heavy atom. The van der Waals surface area contributed by atoms with E-state index in [1.807, 2.05) is 4.72 Å². The standard InChI is InChI=1S/C10H14N4O4S/c1-6-5-7(2)12-9(11-6)13-10(15)14-19(16,17)8-3-4-18-8/h5,8H,3-4H2,1-2H3,(H2,11,12,13,14,15). The van der Waals surface area contributed by atoms with Crippen molar-refractivity contribution in [2.24, 2.45) is 0 Å². The zero-order valence-electron chi connectivity index (χ0n) is 10.5. The number of carbonyl (C=O) groups excluding carboxylic acids is 1. The number of amides is 2. The molecule has 1 aromatic heterocycles. The molecule has 19 heavy (non-hydrogen) atoms. The van der Waals surface area contributed by atoms with Gasteiger partial charge in [-0.15, -0.1) is 0 Å². The van der Waals surface area contributed by atoms with Gasteiger partial charge in [-0.05, 0) is 19.9 Å². The highest BCUT2D eigenvalue weighted by atomic mass is 32.2. The van der Waals surface area contributed by atoms with Gasteiger partial charge in [-0.2, -0.15) is 0 Å². The van der Waals surface area contributed by atoms with Crippen LogP contribution >= 0.6 is 0 Å². The van der Waals surface area contributed by atoms with Crippen LogP contribution in [-0.2, 0) is 14.8 Å². The van der Waals surface area contributed by atoms with E-state index in [-0.39, 0.29) is 5.95 Å². The second-order valence-electron chi connectivity index (χ2n) is 4.16. The summed E-state index contributed by atoms with van der Waals surface area (Å²) in [5.41, 5.74) is 0.388. The molecule has 0 bridgehead atoms. The van der Waals surface area contributed by atoms with E-state index < -0.39 is 21.5 Å². The normalized spacial score (nSPS) is 18.5. The van der Waals surface area contributed by atoms with Gasteiger partial charge in [0.15, 0.2) is 5.44 Å². The van der Waals surface area contributed by atoms with Crippen molar-refractivity contribution in [1.82, 2.24) is 14.7 Å². The van der Waals surface area contributed by atoms with E-state index in [4.69, 9.17) is 4.74 Å². The van der Waals surface area contributed by atoms with Crippen molar-refractivity contribution in [2.75, 3.05) is 11.9 Å². The first-order chi connectivity index (χ1) is 8.87. The summed E-state index contributed by atoms with van der Waals surface area (Å²) in [6.45, 7) is 3.88. The second kappa shape index (κ2) is 5.10. The van der Waals surface area contributed by atoms with Gasteiger partial charge in [0.1, 0.15) is 0 Å². The lowest BCUT2D eigenvalue weighted by molar-refractivity contribution is 0.00266. The molecule has 0 aliphatic carbocycles. The highest BCUT2D eigenvalue weighted by molar-refractivity contribution is 7.90. The van der Waals surface area contributed by atoms with Gasteiger partial charge in [-0.3, -0.25) is 5.32 Å². The van der Waals surface area contributed by atoms with Crippen molar-refractivity contribution in [2.45, 2.75) is 25.7 Å². The molecule has 1 aliphatic heterocycles. The third kappa shape index (κ3) is 3.38. The molecule has 9 heteroatoms. The van der Waals surface area contributed by atoms with Crippen molar-refractivity contribution in [3.8, 4) is 0 Å². The maximum atomic E-state index is 11.6. The Labute approximate surface area is 110 Å². The van der Waals surface area contributed by atoms with E-state index in [0.29, 0.717) is 24.4 Å². The van der Waals surface area contributed by atoms with Crippen LogP contribution in [0.2, 0.25) is 0 Å². The molecule has 2 rings (SSSR count). The summed E-state index contributed by atoms with van der Waals surface area (Å²) in [5.74, 6) is 0.0553. The van der Waals surface area contributed by atoms with Crippen LogP contribution in [0.1, 0.15) is 17.8 Å². The van der Waals surface area contributed by atoms with Crippen molar-refractivity contribution in [3.05, 3.63) is 17.5 Å². The Balaban J connectivity index is 2.01. The smallest absolute Gasteiger partial charge is 0.335 e. The molecule has 1 aliphatic rings. The maximum Gasteiger partial charge on any atom is 0.335 e. The van der Waals surface area contributed by atoms with Crippen LogP contribution in [-0.4, -0.2) is 36.5 Å². The lowest BCUT2D eigenvalue weighted by Crippen LogP contribution is -2.46. The fourth-order valence-electron chi connectivity index (χ4n) is 1.56. The number of nitrogens with zero attached hydrogens (tertiary/aromatic N) is 2. The molecule has 8 nitrogen and oxygen atoms in total. The minimum Gasteiger partial charge on any atom is -0.360 e. The van der Waals surface area contributed by atoms with Crippen LogP contribution in [0.3, 0.4) is 0 Å². The number of hydrogen-bond acceptors (Lipinski definition) is 6. The number of aryl methyl sites for hydroxylation is 2. The predicted molar refractivity (Wildman–Crippen MR) is 66.9 cm³/mol. The summed E-state index contributed by atoms with van der Waals surface area (Å²) in [7, 11) is -3.80. The van der Waals surface area contributed by atoms with E-state index >= 15 is 0 Å². The molecule has 1 atom stereocenters. The summed E-state index contributed by atoms with van der Waals surface area (Å²) >= 11 is 0. The molecule has 1 aromatic rings. The molecule has 0 spiro atoms. The first-order valence-corrected chi connectivity index (χ1v) is 7.18. The Morgan fingerprint density at radius 3 is 2.42 bits per heavy atom. The number of aromatic nitrogens is 2. The molecule has 2 heterocycles. The van der Waals surface area contributed by atoms with Gasteiger partial charge in [0, 0.05) is 17.8 Å². The molecule has 1 fully saturated rings. The number of ether oxygens (including phenoxy) is 1. The molecule has 1 unspecified atom stereocenters. The molecule has 2 amide bonds. The van der Waals surface area contributed by atoms with Crippen LogP contribution in [0.5, 0.6) is 0 Å². The van der Waals surface area contributed by atoms with Crippen molar-refractivity contribution < 1.29 is 17.9 Å². The van der Waals surface area contributed by atoms with Gasteiger partial charge in [0.2, 0.25) is 5.95 Å². The van der Waals surface area contributed by atoms with Crippen LogP contribution in [0.4, 0.5) is 10.7 Å². The fraction of sp³-hybridized carbons (Fsp3) is 0.500. The molecule has 2 N–H and O–H groups in total. The van der Waals surface area contributed by atoms with Crippen molar-refractivity contribution in [1.29, 1.82) is 0 Å². The Bertz CT molecular complexity index is 577. The third-order valence-corrected chi connectivity index (χ3v) is 3.98. The Hall–Kier alpha value is -1.74. The molecule has 1 saturated heterocycles. The van der Waals surface area contributed by atoms with Gasteiger partial charge in [0.25, 0.3) is 10.0 Å². The highest BCUT2D eigenvalue weighted by Crippen LogP contribution is 2.16. The molecular formula is C10H14N4O4S. The van der Waals surface area contributed by atoms with Gasteiger partial charge < -0.3 is 4.74 Å². The lowest BCUT2D eigenvalue weighted by atomic mass is 10.4. The number of sulfonamides is 1. The zero-order valence-corrected chi connectivity index (χ0v) is 11.3. The molecule has 0 radical (unpaired) electrons. The van der Waals surface area contributed by atoms with E-state index in [1.54, 1.807) is 19.9 Å². The molecule has 0 saturated carbocycles. The highest BCUT2D eigenvalue weighted by Gasteiger charge is 2.33. The summed E-state index contributed by atoms with van der Waals surface area (Å²) < 4.78 is 29.9. The second-order valence-corrected chi connectivity index (χ2v) is 5.98. The van der Waals surface area contributed by atoms with Gasteiger partial charge in [-0.1, -0.05) is 0 Å². The molecular weight excluding hydrogens is 272 g/mol. The maximum absolute atomic E-state index is 11.6. The minimum atomic E-state index is -3.80. The van der Waals surface area contributed by atoms with Crippen LogP contribution < -0.4 is 10.0 Å². The Kier molecular flexibility index (Phi) is 3.67. The topological polar surface area (TPSA) is 110 Å². The van der Waals surface area contributed by atoms with E-state index in [1.165, 1.54) is 0 Å². The summed E-state index contributed by atoms with van der Waals surface area (Å²) in [4.78, 5) is 19.5. The number of rotatable bonds is 3. The van der Waals surface area contributed by atoms with E-state index in [2.05, 4.69) is 15.3 Å². The summed E-state index contributed by atoms with van der Waals surface area (Å²) in [5, 5.41) is 2.28. The largest absolute Gasteiger partial charge is 0.360 e. The van der Waals surface area contributed by atoms with Gasteiger partial charge in [0.05, 0.1) is 6.61 Å². The monoisotopic (exact) mass is 286 g/mol. The quantitative estimate of drug-likeness (QED) is 0.826. The third-order valence-electron chi connectivity index (χ3n) is 2.45. The minimum absolute atomic E-state index is 0.0553. The average Bonchev–Trinajstić information content (AvgIpc) is 2.08. The number of urea groups is 1. The SMILES string of the molecule is Cc1cc(C)nc(NC(=O)NS(=O)(=O)C2CCO2)n1. The average molecular weight is 286 g/mol. The van der Waals surface area contributed by atoms with Crippen molar-refractivity contribution >= 4 is 22.0 Å². The van der Waals surface area contributed by atoms with Crippen LogP contribution in [0, 0.1) is 13.8 Å². The lowest BCUT2D eigenvalue weighted by Gasteiger charge is -2.25. The van der Waals surface area contributed by atoms with Gasteiger partial charge in [-0.25, -0.2) is 27.9 Å². The molecule has 104 valence electrons. The Morgan fingerprint density at radius 2 is 1.95 bits per heavy atom. The van der Waals surface area contributed by atoms with Gasteiger partial charge >= 0.3 is 6.03 Å². The number of carbonyl (C=O) groups is 1. The van der Waals surface area contributed by atoms with Crippen LogP contribution in [0.25, 0.3) is 0 Å². The zero-order chi connectivity index (χ0) is 14.0. The summed E-state index contributed by atoms with van der Waals surface area (Å²) in [6, 6.07) is 0.836. The predicted octanol–water partition coefficient (Wildman–Crippen LogP) is 0.291. The number of anilines is 1. The fourth-order valence-corrected chi connectivity index (χ4v) is 2.69. The first-order valence-electron chi connectivity index (χ1n) is 5.63. The van der Waals surface area contributed by atoms with Crippen molar-refractivity contribution in [3.63, 3.8) is 0 Å². The van der Waals surface area contributed by atoms with E-state index in [0.717, 1.165) is 0 Å². The first kappa shape index (κ1) is 13.7. The molecule has 0 aromatic carbocycles. The van der Waals surface area contributed by atoms with Crippen LogP contribution in [0.15, 0.2) is 6.07 Å². The summed E-state index contributed by atoms with van der Waals surface area (Å²) in [6.07, 6.45) is 0.378. The number of nitrogens with one attached hydrogen (secondary N) is 2. The van der Waals surface area contributed by atoms with E-state index in [9.17, 15) is 13.2 Å². The number of hydrogen-bond donors (Lipinski definition) is 2.